The van der Waals surface area contributed by atoms with Crippen LogP contribution in [0, 0.1) is 5.41 Å². The van der Waals surface area contributed by atoms with Crippen molar-refractivity contribution in [1.82, 2.24) is 5.32 Å². The lowest BCUT2D eigenvalue weighted by atomic mass is 9.88. The Morgan fingerprint density at radius 3 is 2.76 bits per heavy atom. The maximum Gasteiger partial charge on any atom is 0.0431 e. The van der Waals surface area contributed by atoms with Crippen molar-refractivity contribution in [3.05, 3.63) is 34.9 Å². The summed E-state index contributed by atoms with van der Waals surface area (Å²) in [7, 11) is 0. The molecule has 1 aromatic carbocycles. The molecule has 96 valence electrons. The van der Waals surface area contributed by atoms with E-state index in [4.69, 9.17) is 16.7 Å². The third kappa shape index (κ3) is 6.06. The first kappa shape index (κ1) is 14.5. The molecule has 0 bridgehead atoms. The first-order valence-corrected chi connectivity index (χ1v) is 6.47. The summed E-state index contributed by atoms with van der Waals surface area (Å²) in [6, 6.07) is 7.90. The van der Waals surface area contributed by atoms with Crippen molar-refractivity contribution >= 4 is 11.6 Å². The normalized spacial score (nSPS) is 11.8. The molecule has 0 aliphatic rings. The first-order chi connectivity index (χ1) is 8.03. The molecule has 0 saturated carbocycles. The molecule has 0 aromatic heterocycles. The van der Waals surface area contributed by atoms with Crippen LogP contribution in [0.4, 0.5) is 0 Å². The van der Waals surface area contributed by atoms with Crippen molar-refractivity contribution < 1.29 is 5.11 Å². The number of hydrogen-bond acceptors (Lipinski definition) is 2. The highest BCUT2D eigenvalue weighted by Gasteiger charge is 2.16. The van der Waals surface area contributed by atoms with Gasteiger partial charge in [-0.1, -0.05) is 37.6 Å². The second kappa shape index (κ2) is 7.00. The zero-order valence-corrected chi connectivity index (χ0v) is 11.4. The molecule has 3 heteroatoms. The van der Waals surface area contributed by atoms with Crippen molar-refractivity contribution in [3.63, 3.8) is 0 Å². The van der Waals surface area contributed by atoms with Gasteiger partial charge in [-0.05, 0) is 36.0 Å². The minimum Gasteiger partial charge on any atom is -0.396 e. The maximum atomic E-state index is 8.83. The number of hydrogen-bond donors (Lipinski definition) is 2. The van der Waals surface area contributed by atoms with Gasteiger partial charge >= 0.3 is 0 Å². The molecule has 2 nitrogen and oxygen atoms in total. The molecule has 0 aliphatic carbocycles. The molecular formula is C14H22ClNO. The molecule has 0 aliphatic heterocycles. The van der Waals surface area contributed by atoms with Crippen LogP contribution in [0.15, 0.2) is 24.3 Å². The number of halogens is 1. The molecule has 1 aromatic rings. The van der Waals surface area contributed by atoms with Gasteiger partial charge in [0.05, 0.1) is 0 Å². The third-order valence-electron chi connectivity index (χ3n) is 2.83. The van der Waals surface area contributed by atoms with Gasteiger partial charge in [-0.25, -0.2) is 0 Å². The summed E-state index contributed by atoms with van der Waals surface area (Å²) in [6.45, 7) is 6.49. The van der Waals surface area contributed by atoms with E-state index in [0.717, 1.165) is 31.0 Å². The number of benzene rings is 1. The average Bonchev–Trinajstić information content (AvgIpc) is 2.26. The zero-order chi connectivity index (χ0) is 12.7. The highest BCUT2D eigenvalue weighted by Crippen LogP contribution is 2.21. The molecule has 0 atom stereocenters. The summed E-state index contributed by atoms with van der Waals surface area (Å²) >= 11 is 5.93. The molecule has 0 unspecified atom stereocenters. The first-order valence-electron chi connectivity index (χ1n) is 6.09. The zero-order valence-electron chi connectivity index (χ0n) is 10.7. The van der Waals surface area contributed by atoms with Gasteiger partial charge in [0.1, 0.15) is 0 Å². The number of rotatable bonds is 7. The van der Waals surface area contributed by atoms with Crippen LogP contribution in [0.1, 0.15) is 32.3 Å². The smallest absolute Gasteiger partial charge is 0.0431 e. The van der Waals surface area contributed by atoms with E-state index in [-0.39, 0.29) is 12.0 Å². The lowest BCUT2D eigenvalue weighted by molar-refractivity contribution is 0.236. The number of nitrogens with one attached hydrogen (secondary N) is 1. The van der Waals surface area contributed by atoms with Crippen LogP contribution in [0.25, 0.3) is 0 Å². The van der Waals surface area contributed by atoms with Crippen LogP contribution < -0.4 is 5.32 Å². The van der Waals surface area contributed by atoms with E-state index in [2.05, 4.69) is 25.2 Å². The van der Waals surface area contributed by atoms with E-state index < -0.39 is 0 Å². The van der Waals surface area contributed by atoms with Crippen molar-refractivity contribution in [1.29, 1.82) is 0 Å². The molecular weight excluding hydrogens is 234 g/mol. The fraction of sp³-hybridized carbons (Fsp3) is 0.571. The van der Waals surface area contributed by atoms with E-state index in [1.165, 1.54) is 5.56 Å². The van der Waals surface area contributed by atoms with E-state index in [9.17, 15) is 0 Å². The van der Waals surface area contributed by atoms with Gasteiger partial charge in [0, 0.05) is 24.7 Å². The lowest BCUT2D eigenvalue weighted by Gasteiger charge is -2.24. The van der Waals surface area contributed by atoms with Crippen molar-refractivity contribution in [2.45, 2.75) is 33.2 Å². The molecule has 0 spiro atoms. The average molecular weight is 256 g/mol. The van der Waals surface area contributed by atoms with Crippen LogP contribution in [0.5, 0.6) is 0 Å². The second-order valence-electron chi connectivity index (χ2n) is 5.22. The lowest BCUT2D eigenvalue weighted by Crippen LogP contribution is -2.29. The third-order valence-corrected chi connectivity index (χ3v) is 3.07. The van der Waals surface area contributed by atoms with E-state index in [1.54, 1.807) is 0 Å². The summed E-state index contributed by atoms with van der Waals surface area (Å²) in [6.07, 6.45) is 1.90. The molecule has 1 rings (SSSR count). The Labute approximate surface area is 109 Å². The Balaban J connectivity index is 2.32. The Bertz CT molecular complexity index is 339. The van der Waals surface area contributed by atoms with E-state index >= 15 is 0 Å². The molecule has 0 saturated heterocycles. The van der Waals surface area contributed by atoms with Crippen LogP contribution in [0.2, 0.25) is 5.02 Å². The topological polar surface area (TPSA) is 32.3 Å². The molecule has 0 amide bonds. The minimum absolute atomic E-state index is 0.224. The quantitative estimate of drug-likeness (QED) is 0.784. The minimum atomic E-state index is 0.224. The Hall–Kier alpha value is -0.570. The summed E-state index contributed by atoms with van der Waals surface area (Å²) < 4.78 is 0. The van der Waals surface area contributed by atoms with E-state index in [0.29, 0.717) is 0 Å². The Morgan fingerprint density at radius 1 is 1.35 bits per heavy atom. The molecule has 2 N–H and O–H groups in total. The predicted octanol–water partition coefficient (Wildman–Crippen LogP) is 3.23. The van der Waals surface area contributed by atoms with Crippen molar-refractivity contribution in [2.75, 3.05) is 13.2 Å². The van der Waals surface area contributed by atoms with E-state index in [1.807, 2.05) is 18.2 Å². The predicted molar refractivity (Wildman–Crippen MR) is 73.3 cm³/mol. The SMILES string of the molecule is CC(C)(CCCO)CNCc1cccc(Cl)c1. The largest absolute Gasteiger partial charge is 0.396 e. The Morgan fingerprint density at radius 2 is 2.12 bits per heavy atom. The number of aliphatic hydroxyl groups is 1. The molecule has 17 heavy (non-hydrogen) atoms. The Kier molecular flexibility index (Phi) is 5.96. The number of aliphatic hydroxyl groups excluding tert-OH is 1. The van der Waals surface area contributed by atoms with Gasteiger partial charge in [-0.3, -0.25) is 0 Å². The van der Waals surface area contributed by atoms with Crippen LogP contribution in [-0.4, -0.2) is 18.3 Å². The summed E-state index contributed by atoms with van der Waals surface area (Å²) in [5.74, 6) is 0. The highest BCUT2D eigenvalue weighted by atomic mass is 35.5. The summed E-state index contributed by atoms with van der Waals surface area (Å²) in [5.41, 5.74) is 1.43. The fourth-order valence-corrected chi connectivity index (χ4v) is 2.05. The second-order valence-corrected chi connectivity index (χ2v) is 5.66. The van der Waals surface area contributed by atoms with Gasteiger partial charge in [0.25, 0.3) is 0 Å². The van der Waals surface area contributed by atoms with Crippen molar-refractivity contribution in [2.24, 2.45) is 5.41 Å². The van der Waals surface area contributed by atoms with Crippen LogP contribution in [-0.2, 0) is 6.54 Å². The monoisotopic (exact) mass is 255 g/mol. The van der Waals surface area contributed by atoms with Gasteiger partial charge in [-0.2, -0.15) is 0 Å². The van der Waals surface area contributed by atoms with Gasteiger partial charge < -0.3 is 10.4 Å². The highest BCUT2D eigenvalue weighted by molar-refractivity contribution is 6.30. The standard InChI is InChI=1S/C14H22ClNO/c1-14(2,7-4-8-17)11-16-10-12-5-3-6-13(15)9-12/h3,5-6,9,16-17H,4,7-8,10-11H2,1-2H3. The van der Waals surface area contributed by atoms with Crippen LogP contribution >= 0.6 is 11.6 Å². The molecule has 0 heterocycles. The molecule has 0 fully saturated rings. The summed E-state index contributed by atoms with van der Waals surface area (Å²) in [5, 5.41) is 13.0. The van der Waals surface area contributed by atoms with Gasteiger partial charge in [-0.15, -0.1) is 0 Å². The fourth-order valence-electron chi connectivity index (χ4n) is 1.84. The maximum absolute atomic E-state index is 8.83. The summed E-state index contributed by atoms with van der Waals surface area (Å²) in [4.78, 5) is 0. The van der Waals surface area contributed by atoms with Gasteiger partial charge in [0.2, 0.25) is 0 Å². The van der Waals surface area contributed by atoms with Crippen LogP contribution in [0.3, 0.4) is 0 Å². The van der Waals surface area contributed by atoms with Gasteiger partial charge in [0.15, 0.2) is 0 Å². The van der Waals surface area contributed by atoms with Crippen molar-refractivity contribution in [3.8, 4) is 0 Å². The molecule has 0 radical (unpaired) electrons.